The molecule has 130 valence electrons. The Hall–Kier alpha value is -3.06. The Morgan fingerprint density at radius 3 is 2.96 bits per heavy atom. The summed E-state index contributed by atoms with van der Waals surface area (Å²) in [5.41, 5.74) is 2.44. The van der Waals surface area contributed by atoms with Crippen LogP contribution in [0.4, 0.5) is 10.5 Å². The Morgan fingerprint density at radius 2 is 2.16 bits per heavy atom. The predicted octanol–water partition coefficient (Wildman–Crippen LogP) is 2.71. The minimum absolute atomic E-state index is 0.175. The van der Waals surface area contributed by atoms with Gasteiger partial charge in [0.2, 0.25) is 0 Å². The Labute approximate surface area is 145 Å². The summed E-state index contributed by atoms with van der Waals surface area (Å²) in [6.07, 6.45) is 1.79. The fourth-order valence-electron chi connectivity index (χ4n) is 2.53. The zero-order chi connectivity index (χ0) is 17.6. The highest BCUT2D eigenvalue weighted by Gasteiger charge is 2.06. The van der Waals surface area contributed by atoms with Crippen molar-refractivity contribution in [3.8, 4) is 5.75 Å². The number of benzene rings is 2. The van der Waals surface area contributed by atoms with Crippen LogP contribution >= 0.6 is 0 Å². The first-order chi connectivity index (χ1) is 12.2. The number of ether oxygens (including phenoxy) is 1. The predicted molar refractivity (Wildman–Crippen MR) is 95.6 cm³/mol. The number of rotatable bonds is 6. The number of aromatic hydroxyl groups is 1. The van der Waals surface area contributed by atoms with E-state index in [0.717, 1.165) is 16.5 Å². The number of nitrogens with zero attached hydrogens (tertiary/aromatic N) is 2. The summed E-state index contributed by atoms with van der Waals surface area (Å²) in [7, 11) is 1.65. The van der Waals surface area contributed by atoms with E-state index >= 15 is 0 Å². The van der Waals surface area contributed by atoms with Crippen LogP contribution in [0.15, 0.2) is 48.7 Å². The number of methoxy groups -OCH3 is 1. The first kappa shape index (κ1) is 16.8. The summed E-state index contributed by atoms with van der Waals surface area (Å²) in [6.45, 7) is 1.54. The molecule has 1 aromatic heterocycles. The third-order valence-electron chi connectivity index (χ3n) is 3.77. The highest BCUT2D eigenvalue weighted by atomic mass is 16.5. The topological polar surface area (TPSA) is 88.4 Å². The van der Waals surface area contributed by atoms with E-state index in [0.29, 0.717) is 25.4 Å². The van der Waals surface area contributed by atoms with Crippen LogP contribution in [0.1, 0.15) is 5.56 Å². The second kappa shape index (κ2) is 7.67. The third-order valence-corrected chi connectivity index (χ3v) is 3.77. The van der Waals surface area contributed by atoms with Crippen molar-refractivity contribution in [3.05, 3.63) is 54.2 Å². The number of carbonyl (C=O) groups excluding carboxylic acids is 1. The third kappa shape index (κ3) is 4.27. The smallest absolute Gasteiger partial charge is 0.319 e. The minimum atomic E-state index is -0.314. The number of carbonyl (C=O) groups is 1. The molecule has 0 fully saturated rings. The number of urea groups is 1. The highest BCUT2D eigenvalue weighted by molar-refractivity contribution is 5.92. The molecule has 0 bridgehead atoms. The molecule has 0 atom stereocenters. The zero-order valence-corrected chi connectivity index (χ0v) is 13.9. The number of amides is 2. The molecule has 0 aliphatic heterocycles. The lowest BCUT2D eigenvalue weighted by molar-refractivity contribution is 0.185. The van der Waals surface area contributed by atoms with Crippen molar-refractivity contribution in [1.29, 1.82) is 0 Å². The summed E-state index contributed by atoms with van der Waals surface area (Å²) >= 11 is 0. The summed E-state index contributed by atoms with van der Waals surface area (Å²) in [5, 5.41) is 20.3. The molecule has 25 heavy (non-hydrogen) atoms. The van der Waals surface area contributed by atoms with Gasteiger partial charge in [-0.15, -0.1) is 0 Å². The lowest BCUT2D eigenvalue weighted by atomic mass is 10.2. The maximum atomic E-state index is 12.1. The molecular weight excluding hydrogens is 320 g/mol. The largest absolute Gasteiger partial charge is 0.508 e. The second-order valence-electron chi connectivity index (χ2n) is 5.61. The number of aromatic nitrogens is 2. The number of anilines is 1. The van der Waals surface area contributed by atoms with Crippen LogP contribution < -0.4 is 10.6 Å². The molecule has 3 N–H and O–H groups in total. The highest BCUT2D eigenvalue weighted by Crippen LogP contribution is 2.19. The van der Waals surface area contributed by atoms with Crippen LogP contribution in [-0.2, 0) is 17.8 Å². The number of hydrogen-bond donors (Lipinski definition) is 3. The van der Waals surface area contributed by atoms with Crippen LogP contribution in [0, 0.1) is 0 Å². The van der Waals surface area contributed by atoms with Gasteiger partial charge in [-0.2, -0.15) is 5.10 Å². The minimum Gasteiger partial charge on any atom is -0.508 e. The van der Waals surface area contributed by atoms with Gasteiger partial charge in [-0.25, -0.2) is 4.79 Å². The van der Waals surface area contributed by atoms with Crippen LogP contribution in [0.25, 0.3) is 10.9 Å². The molecule has 7 heteroatoms. The van der Waals surface area contributed by atoms with Gasteiger partial charge in [0.1, 0.15) is 5.75 Å². The zero-order valence-electron chi connectivity index (χ0n) is 13.9. The molecule has 0 spiro atoms. The van der Waals surface area contributed by atoms with E-state index in [1.807, 2.05) is 28.9 Å². The van der Waals surface area contributed by atoms with E-state index in [4.69, 9.17) is 4.74 Å². The average molecular weight is 340 g/mol. The maximum absolute atomic E-state index is 12.1. The van der Waals surface area contributed by atoms with Gasteiger partial charge in [-0.1, -0.05) is 12.1 Å². The van der Waals surface area contributed by atoms with Gasteiger partial charge < -0.3 is 20.5 Å². The number of nitrogens with one attached hydrogen (secondary N) is 2. The van der Waals surface area contributed by atoms with Crippen LogP contribution in [0.2, 0.25) is 0 Å². The van der Waals surface area contributed by atoms with Gasteiger partial charge in [0, 0.05) is 24.7 Å². The van der Waals surface area contributed by atoms with Crippen LogP contribution in [-0.4, -0.2) is 34.6 Å². The Kier molecular flexibility index (Phi) is 5.15. The van der Waals surface area contributed by atoms with Crippen molar-refractivity contribution in [2.24, 2.45) is 0 Å². The number of fused-ring (bicyclic) bond motifs is 1. The average Bonchev–Trinajstić information content (AvgIpc) is 3.00. The van der Waals surface area contributed by atoms with E-state index in [9.17, 15) is 9.90 Å². The Balaban J connectivity index is 1.64. The monoisotopic (exact) mass is 340 g/mol. The van der Waals surface area contributed by atoms with Crippen molar-refractivity contribution in [3.63, 3.8) is 0 Å². The molecule has 0 aliphatic rings. The standard InChI is InChI=1S/C18H20N4O3/c1-25-8-7-22-17-10-15(6-5-14(17)12-20-22)21-18(24)19-11-13-3-2-4-16(23)9-13/h2-6,9-10,12,23H,7-8,11H2,1H3,(H2,19,21,24). The fraction of sp³-hybridized carbons (Fsp3) is 0.222. The van der Waals surface area contributed by atoms with Gasteiger partial charge in [0.25, 0.3) is 0 Å². The molecule has 7 nitrogen and oxygen atoms in total. The Morgan fingerprint density at radius 1 is 1.28 bits per heavy atom. The summed E-state index contributed by atoms with van der Waals surface area (Å²) in [5.74, 6) is 0.175. The van der Waals surface area contributed by atoms with E-state index in [1.54, 1.807) is 31.5 Å². The number of hydrogen-bond acceptors (Lipinski definition) is 4. The van der Waals surface area contributed by atoms with Gasteiger partial charge in [0.15, 0.2) is 0 Å². The van der Waals surface area contributed by atoms with Gasteiger partial charge in [0.05, 0.1) is 24.9 Å². The lowest BCUT2D eigenvalue weighted by Gasteiger charge is -2.09. The molecule has 2 amide bonds. The summed E-state index contributed by atoms with van der Waals surface area (Å²) in [6, 6.07) is 12.1. The molecule has 3 rings (SSSR count). The van der Waals surface area contributed by atoms with Gasteiger partial charge in [-0.05, 0) is 35.9 Å². The first-order valence-electron chi connectivity index (χ1n) is 7.93. The van der Waals surface area contributed by atoms with E-state index < -0.39 is 0 Å². The molecule has 0 radical (unpaired) electrons. The maximum Gasteiger partial charge on any atom is 0.319 e. The summed E-state index contributed by atoms with van der Waals surface area (Å²) in [4.78, 5) is 12.1. The van der Waals surface area contributed by atoms with Crippen molar-refractivity contribution in [1.82, 2.24) is 15.1 Å². The quantitative estimate of drug-likeness (QED) is 0.644. The van der Waals surface area contributed by atoms with Crippen molar-refractivity contribution >= 4 is 22.6 Å². The first-order valence-corrected chi connectivity index (χ1v) is 7.93. The molecule has 0 saturated carbocycles. The normalized spacial score (nSPS) is 10.8. The molecule has 0 aliphatic carbocycles. The number of phenols is 1. The van der Waals surface area contributed by atoms with Crippen LogP contribution in [0.5, 0.6) is 5.75 Å². The second-order valence-corrected chi connectivity index (χ2v) is 5.61. The van der Waals surface area contributed by atoms with Crippen molar-refractivity contribution < 1.29 is 14.6 Å². The molecule has 1 heterocycles. The fourth-order valence-corrected chi connectivity index (χ4v) is 2.53. The van der Waals surface area contributed by atoms with Crippen molar-refractivity contribution in [2.75, 3.05) is 19.0 Å². The SMILES string of the molecule is COCCn1ncc2ccc(NC(=O)NCc3cccc(O)c3)cc21. The molecule has 0 saturated heterocycles. The van der Waals surface area contributed by atoms with Crippen LogP contribution in [0.3, 0.4) is 0 Å². The molecule has 0 unspecified atom stereocenters. The number of phenolic OH excluding ortho intramolecular Hbond substituents is 1. The van der Waals surface area contributed by atoms with Gasteiger partial charge >= 0.3 is 6.03 Å². The van der Waals surface area contributed by atoms with Gasteiger partial charge in [-0.3, -0.25) is 4.68 Å². The Bertz CT molecular complexity index is 876. The molecule has 3 aromatic rings. The molecule has 2 aromatic carbocycles. The van der Waals surface area contributed by atoms with E-state index in [-0.39, 0.29) is 11.8 Å². The van der Waals surface area contributed by atoms with Crippen molar-refractivity contribution in [2.45, 2.75) is 13.1 Å². The molecular formula is C18H20N4O3. The van der Waals surface area contributed by atoms with E-state index in [1.165, 1.54) is 0 Å². The van der Waals surface area contributed by atoms with E-state index in [2.05, 4.69) is 15.7 Å². The lowest BCUT2D eigenvalue weighted by Crippen LogP contribution is -2.28. The summed E-state index contributed by atoms with van der Waals surface area (Å²) < 4.78 is 6.92.